The van der Waals surface area contributed by atoms with Crippen LogP contribution in [0, 0.1) is 3.57 Å². The minimum absolute atomic E-state index is 0.000969. The van der Waals surface area contributed by atoms with Gasteiger partial charge in [-0.1, -0.05) is 12.1 Å². The van der Waals surface area contributed by atoms with Crippen LogP contribution in [-0.2, 0) is 11.3 Å². The minimum atomic E-state index is -0.000969. The van der Waals surface area contributed by atoms with Crippen molar-refractivity contribution in [3.05, 3.63) is 40.4 Å². The fourth-order valence-electron chi connectivity index (χ4n) is 2.15. The van der Waals surface area contributed by atoms with Gasteiger partial charge in [0.2, 0.25) is 5.91 Å². The zero-order valence-electron chi connectivity index (χ0n) is 11.2. The number of carbonyl (C=O) groups excluding carboxylic acids is 1. The van der Waals surface area contributed by atoms with E-state index in [0.717, 1.165) is 33.1 Å². The van der Waals surface area contributed by atoms with Crippen molar-refractivity contribution in [2.24, 2.45) is 0 Å². The van der Waals surface area contributed by atoms with Gasteiger partial charge in [0.1, 0.15) is 0 Å². The number of halogens is 1. The number of carbonyl (C=O) groups is 1. The molecule has 0 spiro atoms. The van der Waals surface area contributed by atoms with E-state index in [2.05, 4.69) is 43.2 Å². The molecule has 7 heteroatoms. The summed E-state index contributed by atoms with van der Waals surface area (Å²) in [6.45, 7) is 0.741. The van der Waals surface area contributed by atoms with Gasteiger partial charge in [0.25, 0.3) is 0 Å². The number of aryl methyl sites for hydroxylation is 1. The van der Waals surface area contributed by atoms with Crippen molar-refractivity contribution in [2.75, 3.05) is 5.32 Å². The van der Waals surface area contributed by atoms with Crippen molar-refractivity contribution in [3.8, 4) is 0 Å². The van der Waals surface area contributed by atoms with Crippen LogP contribution in [0.2, 0.25) is 0 Å². The summed E-state index contributed by atoms with van der Waals surface area (Å²) in [5, 5.41) is 15.0. The minimum Gasteiger partial charge on any atom is -0.324 e. The number of fused-ring (bicyclic) bond motifs is 1. The molecule has 2 heterocycles. The molecule has 6 nitrogen and oxygen atoms in total. The number of anilines is 1. The maximum Gasteiger partial charge on any atom is 0.224 e. The molecule has 0 bridgehead atoms. The van der Waals surface area contributed by atoms with Gasteiger partial charge in [-0.05, 0) is 35.1 Å². The predicted molar refractivity (Wildman–Crippen MR) is 88.9 cm³/mol. The molecular weight excluding hydrogens is 381 g/mol. The largest absolute Gasteiger partial charge is 0.324 e. The summed E-state index contributed by atoms with van der Waals surface area (Å²) in [5.74, 6) is -0.000969. The van der Waals surface area contributed by atoms with Crippen molar-refractivity contribution in [2.45, 2.75) is 19.4 Å². The Balaban J connectivity index is 1.55. The van der Waals surface area contributed by atoms with Crippen LogP contribution in [0.25, 0.3) is 10.9 Å². The van der Waals surface area contributed by atoms with Crippen LogP contribution in [0.1, 0.15) is 12.8 Å². The Labute approximate surface area is 135 Å². The molecule has 0 aliphatic carbocycles. The molecule has 1 amide bonds. The van der Waals surface area contributed by atoms with Gasteiger partial charge in [0.15, 0.2) is 0 Å². The lowest BCUT2D eigenvalue weighted by Gasteiger charge is -2.06. The number of hydrogen-bond acceptors (Lipinski definition) is 3. The zero-order chi connectivity index (χ0) is 14.7. The predicted octanol–water partition coefficient (Wildman–Crippen LogP) is 2.78. The van der Waals surface area contributed by atoms with E-state index >= 15 is 0 Å². The Bertz CT molecular complexity index is 763. The van der Waals surface area contributed by atoms with Gasteiger partial charge in [0.05, 0.1) is 27.2 Å². The van der Waals surface area contributed by atoms with Crippen molar-refractivity contribution in [3.63, 3.8) is 0 Å². The van der Waals surface area contributed by atoms with Gasteiger partial charge < -0.3 is 5.32 Å². The molecule has 21 heavy (non-hydrogen) atoms. The fourth-order valence-corrected chi connectivity index (χ4v) is 2.59. The van der Waals surface area contributed by atoms with Gasteiger partial charge in [-0.15, -0.1) is 0 Å². The summed E-state index contributed by atoms with van der Waals surface area (Å²) < 4.78 is 2.95. The molecule has 108 valence electrons. The summed E-state index contributed by atoms with van der Waals surface area (Å²) in [6, 6.07) is 5.72. The van der Waals surface area contributed by atoms with Gasteiger partial charge in [-0.25, -0.2) is 0 Å². The molecule has 0 atom stereocenters. The van der Waals surface area contributed by atoms with E-state index in [1.54, 1.807) is 12.4 Å². The number of rotatable bonds is 5. The lowest BCUT2D eigenvalue weighted by Crippen LogP contribution is -2.12. The van der Waals surface area contributed by atoms with E-state index in [9.17, 15) is 4.79 Å². The Kier molecular flexibility index (Phi) is 4.18. The summed E-state index contributed by atoms with van der Waals surface area (Å²) in [7, 11) is 0. The Hall–Kier alpha value is -1.90. The number of H-pyrrole nitrogens is 1. The van der Waals surface area contributed by atoms with E-state index in [1.165, 1.54) is 0 Å². The van der Waals surface area contributed by atoms with Gasteiger partial charge in [-0.2, -0.15) is 10.2 Å². The summed E-state index contributed by atoms with van der Waals surface area (Å²) in [5.41, 5.74) is 1.62. The van der Waals surface area contributed by atoms with Crippen LogP contribution >= 0.6 is 22.6 Å². The molecule has 3 rings (SSSR count). The SMILES string of the molecule is O=C(CCCn1cc(I)cn1)Nc1cccc2cn[nH]c12. The lowest BCUT2D eigenvalue weighted by atomic mass is 10.2. The van der Waals surface area contributed by atoms with Crippen molar-refractivity contribution >= 4 is 45.1 Å². The van der Waals surface area contributed by atoms with Crippen LogP contribution < -0.4 is 5.32 Å². The second-order valence-electron chi connectivity index (χ2n) is 4.71. The van der Waals surface area contributed by atoms with Crippen LogP contribution in [0.3, 0.4) is 0 Å². The van der Waals surface area contributed by atoms with E-state index in [4.69, 9.17) is 0 Å². The first-order valence-corrected chi connectivity index (χ1v) is 7.70. The smallest absolute Gasteiger partial charge is 0.224 e. The van der Waals surface area contributed by atoms with Crippen LogP contribution in [0.15, 0.2) is 36.8 Å². The summed E-state index contributed by atoms with van der Waals surface area (Å²) in [4.78, 5) is 12.0. The lowest BCUT2D eigenvalue weighted by molar-refractivity contribution is -0.116. The van der Waals surface area contributed by atoms with Crippen LogP contribution in [0.5, 0.6) is 0 Å². The van der Waals surface area contributed by atoms with Crippen molar-refractivity contribution < 1.29 is 4.79 Å². The number of nitrogens with one attached hydrogen (secondary N) is 2. The van der Waals surface area contributed by atoms with Crippen LogP contribution in [-0.4, -0.2) is 25.9 Å². The third-order valence-corrected chi connectivity index (χ3v) is 3.70. The average Bonchev–Trinajstić information content (AvgIpc) is 3.08. The molecule has 0 saturated heterocycles. The molecule has 0 radical (unpaired) electrons. The molecule has 2 aromatic heterocycles. The summed E-state index contributed by atoms with van der Waals surface area (Å²) >= 11 is 2.22. The van der Waals surface area contributed by atoms with E-state index < -0.39 is 0 Å². The third kappa shape index (κ3) is 3.41. The van der Waals surface area contributed by atoms with E-state index in [-0.39, 0.29) is 5.91 Å². The molecule has 0 saturated carbocycles. The zero-order valence-corrected chi connectivity index (χ0v) is 13.4. The Morgan fingerprint density at radius 3 is 3.10 bits per heavy atom. The van der Waals surface area contributed by atoms with Gasteiger partial charge in [0, 0.05) is 24.5 Å². The molecule has 0 aliphatic heterocycles. The van der Waals surface area contributed by atoms with E-state index in [0.29, 0.717) is 6.42 Å². The topological polar surface area (TPSA) is 75.6 Å². The number of aromatic amines is 1. The number of para-hydroxylation sites is 1. The molecule has 0 fully saturated rings. The maximum atomic E-state index is 12.0. The van der Waals surface area contributed by atoms with Gasteiger partial charge in [-0.3, -0.25) is 14.6 Å². The van der Waals surface area contributed by atoms with Crippen molar-refractivity contribution in [1.82, 2.24) is 20.0 Å². The highest BCUT2D eigenvalue weighted by Gasteiger charge is 2.07. The molecule has 0 unspecified atom stereocenters. The first kappa shape index (κ1) is 14.1. The summed E-state index contributed by atoms with van der Waals surface area (Å²) in [6.07, 6.45) is 6.72. The second kappa shape index (κ2) is 6.25. The number of benzene rings is 1. The highest BCUT2D eigenvalue weighted by Crippen LogP contribution is 2.20. The van der Waals surface area contributed by atoms with Crippen LogP contribution in [0.4, 0.5) is 5.69 Å². The molecule has 3 aromatic rings. The van der Waals surface area contributed by atoms with E-state index in [1.807, 2.05) is 29.1 Å². The Morgan fingerprint density at radius 1 is 1.38 bits per heavy atom. The van der Waals surface area contributed by atoms with Crippen molar-refractivity contribution in [1.29, 1.82) is 0 Å². The normalized spacial score (nSPS) is 10.9. The molecule has 1 aromatic carbocycles. The molecule has 2 N–H and O–H groups in total. The second-order valence-corrected chi connectivity index (χ2v) is 5.96. The van der Waals surface area contributed by atoms with Gasteiger partial charge >= 0.3 is 0 Å². The fraction of sp³-hybridized carbons (Fsp3) is 0.214. The monoisotopic (exact) mass is 395 g/mol. The number of aromatic nitrogens is 4. The average molecular weight is 395 g/mol. The third-order valence-electron chi connectivity index (χ3n) is 3.14. The Morgan fingerprint density at radius 2 is 2.29 bits per heavy atom. The first-order valence-electron chi connectivity index (χ1n) is 6.62. The highest BCUT2D eigenvalue weighted by atomic mass is 127. The standard InChI is InChI=1S/C14H14IN5O/c15-11-8-17-20(9-11)6-2-5-13(21)18-12-4-1-3-10-7-16-19-14(10)12/h1,3-4,7-9H,2,5-6H2,(H,16,19)(H,18,21). The highest BCUT2D eigenvalue weighted by molar-refractivity contribution is 14.1. The number of amides is 1. The first-order chi connectivity index (χ1) is 10.2. The molecular formula is C14H14IN5O. The maximum absolute atomic E-state index is 12.0. The quantitative estimate of drug-likeness (QED) is 0.653. The number of hydrogen-bond donors (Lipinski definition) is 2. The number of nitrogens with zero attached hydrogens (tertiary/aromatic N) is 3. The molecule has 0 aliphatic rings.